The Morgan fingerprint density at radius 3 is 2.20 bits per heavy atom. The summed E-state index contributed by atoms with van der Waals surface area (Å²) >= 11 is 0. The highest BCUT2D eigenvalue weighted by Crippen LogP contribution is 2.30. The molecule has 2 N–H and O–H groups in total. The van der Waals surface area contributed by atoms with Crippen LogP contribution in [0.3, 0.4) is 0 Å². The lowest BCUT2D eigenvalue weighted by atomic mass is 10.2. The second-order valence-corrected chi connectivity index (χ2v) is 8.84. The van der Waals surface area contributed by atoms with Gasteiger partial charge in [-0.1, -0.05) is 18.2 Å². The summed E-state index contributed by atoms with van der Waals surface area (Å²) < 4.78 is 17.1. The van der Waals surface area contributed by atoms with Gasteiger partial charge in [-0.25, -0.2) is 9.78 Å². The zero-order valence-electron chi connectivity index (χ0n) is 19.7. The van der Waals surface area contributed by atoms with Crippen LogP contribution in [0.25, 0.3) is 5.57 Å². The summed E-state index contributed by atoms with van der Waals surface area (Å²) in [5.74, 6) is 1.42. The van der Waals surface area contributed by atoms with Crippen LogP contribution in [0.4, 0.5) is 4.79 Å². The minimum absolute atomic E-state index is 0.0239. The van der Waals surface area contributed by atoms with Crippen molar-refractivity contribution in [2.75, 3.05) is 6.54 Å². The van der Waals surface area contributed by atoms with Crippen molar-refractivity contribution >= 4 is 17.6 Å². The van der Waals surface area contributed by atoms with Gasteiger partial charge in [0.25, 0.3) is 5.91 Å². The van der Waals surface area contributed by atoms with Gasteiger partial charge in [0.2, 0.25) is 5.88 Å². The maximum Gasteiger partial charge on any atom is 0.414 e. The van der Waals surface area contributed by atoms with Crippen LogP contribution in [0.5, 0.6) is 23.1 Å². The summed E-state index contributed by atoms with van der Waals surface area (Å²) in [6, 6.07) is 16.3. The molecule has 2 heterocycles. The van der Waals surface area contributed by atoms with E-state index in [1.165, 1.54) is 11.1 Å². The van der Waals surface area contributed by atoms with E-state index < -0.39 is 17.6 Å². The maximum atomic E-state index is 12.4. The zero-order valence-corrected chi connectivity index (χ0v) is 19.7. The first kappa shape index (κ1) is 23.7. The minimum atomic E-state index is -0.716. The summed E-state index contributed by atoms with van der Waals surface area (Å²) in [6.07, 6.45) is 3.05. The monoisotopic (exact) mass is 474 g/mol. The molecule has 0 saturated carbocycles. The van der Waals surface area contributed by atoms with Gasteiger partial charge in [0.1, 0.15) is 28.4 Å². The molecule has 9 nitrogen and oxygen atoms in total. The highest BCUT2D eigenvalue weighted by atomic mass is 16.6. The number of para-hydroxylation sites is 1. The van der Waals surface area contributed by atoms with E-state index in [0.717, 1.165) is 0 Å². The average molecular weight is 475 g/mol. The Kier molecular flexibility index (Phi) is 6.68. The van der Waals surface area contributed by atoms with E-state index in [1.54, 1.807) is 51.2 Å². The topological polar surface area (TPSA) is 117 Å². The van der Waals surface area contributed by atoms with E-state index >= 15 is 0 Å². The van der Waals surface area contributed by atoms with E-state index in [1.807, 2.05) is 30.3 Å². The Morgan fingerprint density at radius 1 is 0.943 bits per heavy atom. The molecule has 1 aliphatic rings. The van der Waals surface area contributed by atoms with Gasteiger partial charge < -0.3 is 19.9 Å². The van der Waals surface area contributed by atoms with Crippen LogP contribution in [-0.4, -0.2) is 39.0 Å². The molecular formula is C26H26N4O5. The average Bonchev–Trinajstić information content (AvgIpc) is 3.30. The summed E-state index contributed by atoms with van der Waals surface area (Å²) in [6.45, 7) is 5.86. The SMILES string of the molecule is CC(C)(C)OC(=O)N1C=C(c2ncc(C(N)=O)c(Oc3ccc(Oc4ccccc4)cc3)n2)CC1. The van der Waals surface area contributed by atoms with E-state index in [0.29, 0.717) is 41.6 Å². The number of carbonyl (C=O) groups is 2. The van der Waals surface area contributed by atoms with Gasteiger partial charge in [-0.2, -0.15) is 4.98 Å². The molecule has 9 heteroatoms. The summed E-state index contributed by atoms with van der Waals surface area (Å²) in [4.78, 5) is 34.4. The van der Waals surface area contributed by atoms with Gasteiger partial charge in [-0.05, 0) is 63.6 Å². The van der Waals surface area contributed by atoms with Crippen LogP contribution < -0.4 is 15.2 Å². The van der Waals surface area contributed by atoms with Crippen LogP contribution in [-0.2, 0) is 4.74 Å². The van der Waals surface area contributed by atoms with Crippen LogP contribution in [0, 0.1) is 0 Å². The number of nitrogens with zero attached hydrogens (tertiary/aromatic N) is 3. The first-order valence-corrected chi connectivity index (χ1v) is 11.1. The van der Waals surface area contributed by atoms with Crippen molar-refractivity contribution in [1.82, 2.24) is 14.9 Å². The molecule has 0 saturated heterocycles. The summed E-state index contributed by atoms with van der Waals surface area (Å²) in [5.41, 5.74) is 5.65. The van der Waals surface area contributed by atoms with Crippen molar-refractivity contribution in [3.8, 4) is 23.1 Å². The van der Waals surface area contributed by atoms with Gasteiger partial charge in [-0.3, -0.25) is 9.69 Å². The number of amides is 2. The molecule has 0 radical (unpaired) electrons. The number of ether oxygens (including phenoxy) is 3. The normalized spacial score (nSPS) is 13.2. The Balaban J connectivity index is 1.52. The fraction of sp³-hybridized carbons (Fsp3) is 0.231. The largest absolute Gasteiger partial charge is 0.457 e. The number of nitrogens with two attached hydrogens (primary N) is 1. The lowest BCUT2D eigenvalue weighted by Crippen LogP contribution is -2.32. The van der Waals surface area contributed by atoms with E-state index in [2.05, 4.69) is 9.97 Å². The number of rotatable bonds is 6. The van der Waals surface area contributed by atoms with Crippen molar-refractivity contribution < 1.29 is 23.8 Å². The molecule has 2 aromatic carbocycles. The van der Waals surface area contributed by atoms with Gasteiger partial charge in [0.15, 0.2) is 5.82 Å². The van der Waals surface area contributed by atoms with E-state index in [9.17, 15) is 9.59 Å². The number of benzene rings is 2. The number of primary amides is 1. The molecule has 1 aromatic heterocycles. The van der Waals surface area contributed by atoms with E-state index in [4.69, 9.17) is 19.9 Å². The van der Waals surface area contributed by atoms with Crippen LogP contribution in [0.2, 0.25) is 0 Å². The van der Waals surface area contributed by atoms with Gasteiger partial charge in [-0.15, -0.1) is 0 Å². The molecule has 3 aromatic rings. The lowest BCUT2D eigenvalue weighted by Gasteiger charge is -2.23. The van der Waals surface area contributed by atoms with Crippen LogP contribution in [0.1, 0.15) is 43.4 Å². The summed E-state index contributed by atoms with van der Waals surface area (Å²) in [7, 11) is 0. The fourth-order valence-electron chi connectivity index (χ4n) is 3.27. The molecule has 2 amide bonds. The van der Waals surface area contributed by atoms with Crippen molar-refractivity contribution in [2.24, 2.45) is 5.73 Å². The molecule has 0 unspecified atom stereocenters. The molecule has 0 fully saturated rings. The first-order chi connectivity index (χ1) is 16.7. The Bertz CT molecular complexity index is 1250. The standard InChI is InChI=1S/C26H26N4O5/c1-26(2,3)35-25(32)30-14-13-17(16-30)23-28-15-21(22(27)31)24(29-23)34-20-11-9-19(10-12-20)33-18-7-5-4-6-8-18/h4-12,15-16H,13-14H2,1-3H3,(H2,27,31). The number of aromatic nitrogens is 2. The van der Waals surface area contributed by atoms with Crippen molar-refractivity contribution in [3.05, 3.63) is 78.4 Å². The molecule has 0 aliphatic carbocycles. The second-order valence-electron chi connectivity index (χ2n) is 8.84. The quantitative estimate of drug-likeness (QED) is 0.525. The Hall–Kier alpha value is -4.40. The molecule has 0 atom stereocenters. The second kappa shape index (κ2) is 9.84. The van der Waals surface area contributed by atoms with Crippen molar-refractivity contribution in [2.45, 2.75) is 32.8 Å². The van der Waals surface area contributed by atoms with Gasteiger partial charge in [0, 0.05) is 24.5 Å². The Labute approximate surface area is 203 Å². The molecule has 0 spiro atoms. The minimum Gasteiger partial charge on any atom is -0.457 e. The third kappa shape index (κ3) is 6.14. The molecular weight excluding hydrogens is 448 g/mol. The fourth-order valence-corrected chi connectivity index (χ4v) is 3.27. The van der Waals surface area contributed by atoms with Crippen molar-refractivity contribution in [1.29, 1.82) is 0 Å². The van der Waals surface area contributed by atoms with Crippen LogP contribution >= 0.6 is 0 Å². The van der Waals surface area contributed by atoms with Gasteiger partial charge in [0.05, 0.1) is 0 Å². The highest BCUT2D eigenvalue weighted by molar-refractivity contribution is 5.95. The maximum absolute atomic E-state index is 12.4. The first-order valence-electron chi connectivity index (χ1n) is 11.1. The van der Waals surface area contributed by atoms with Crippen LogP contribution in [0.15, 0.2) is 67.0 Å². The molecule has 0 bridgehead atoms. The third-order valence-corrected chi connectivity index (χ3v) is 4.89. The predicted octanol–water partition coefficient (Wildman–Crippen LogP) is 5.14. The third-order valence-electron chi connectivity index (χ3n) is 4.89. The smallest absolute Gasteiger partial charge is 0.414 e. The zero-order chi connectivity index (χ0) is 25.0. The molecule has 35 heavy (non-hydrogen) atoms. The van der Waals surface area contributed by atoms with Crippen molar-refractivity contribution in [3.63, 3.8) is 0 Å². The summed E-state index contributed by atoms with van der Waals surface area (Å²) in [5, 5.41) is 0. The number of hydrogen-bond donors (Lipinski definition) is 1. The van der Waals surface area contributed by atoms with Gasteiger partial charge >= 0.3 is 6.09 Å². The number of hydrogen-bond acceptors (Lipinski definition) is 7. The highest BCUT2D eigenvalue weighted by Gasteiger charge is 2.26. The molecule has 1 aliphatic heterocycles. The number of carbonyl (C=O) groups excluding carboxylic acids is 2. The van der Waals surface area contributed by atoms with E-state index in [-0.39, 0.29) is 11.4 Å². The lowest BCUT2D eigenvalue weighted by molar-refractivity contribution is 0.0349. The molecule has 180 valence electrons. The Morgan fingerprint density at radius 2 is 1.57 bits per heavy atom. The predicted molar refractivity (Wildman–Crippen MR) is 129 cm³/mol. The molecule has 4 rings (SSSR count).